The number of hydrogen-bond donors (Lipinski definition) is 1. The standard InChI is InChI=1S/C26H19N5O3S/c1-14-21(13-32)35-26-23(14)24(28-20(11-22(33)34)25-30-29-15(2)31(25)26)18-8-6-17(7-9-18)19-5-3-4-16(10-19)12-27/h3-10,13,20H,11H2,1-2H3,(H,33,34)/t20-/m0/s1. The van der Waals surface area contributed by atoms with Crippen molar-refractivity contribution >= 4 is 29.3 Å². The second-order valence-corrected chi connectivity index (χ2v) is 9.22. The average Bonchev–Trinajstić information content (AvgIpc) is 3.36. The predicted octanol–water partition coefficient (Wildman–Crippen LogP) is 4.66. The number of carboxylic acids is 1. The first-order valence-electron chi connectivity index (χ1n) is 10.8. The lowest BCUT2D eigenvalue weighted by Gasteiger charge is -2.11. The van der Waals surface area contributed by atoms with Gasteiger partial charge in [0.2, 0.25) is 0 Å². The highest BCUT2D eigenvalue weighted by Crippen LogP contribution is 2.39. The zero-order valence-electron chi connectivity index (χ0n) is 18.9. The van der Waals surface area contributed by atoms with Crippen LogP contribution in [0.5, 0.6) is 0 Å². The molecule has 0 amide bonds. The molecule has 8 nitrogen and oxygen atoms in total. The maximum absolute atomic E-state index is 11.8. The molecule has 0 spiro atoms. The van der Waals surface area contributed by atoms with Crippen LogP contribution in [-0.2, 0) is 4.79 Å². The molecule has 0 radical (unpaired) electrons. The summed E-state index contributed by atoms with van der Waals surface area (Å²) >= 11 is 1.32. The highest BCUT2D eigenvalue weighted by Gasteiger charge is 2.32. The van der Waals surface area contributed by atoms with E-state index in [2.05, 4.69) is 16.3 Å². The number of nitriles is 1. The Bertz CT molecular complexity index is 1560. The molecule has 2 aromatic heterocycles. The van der Waals surface area contributed by atoms with Gasteiger partial charge < -0.3 is 5.11 Å². The number of aromatic nitrogens is 3. The summed E-state index contributed by atoms with van der Waals surface area (Å²) in [6, 6.07) is 16.5. The van der Waals surface area contributed by atoms with Crippen LogP contribution < -0.4 is 0 Å². The molecule has 1 aliphatic rings. The van der Waals surface area contributed by atoms with Gasteiger partial charge in [-0.05, 0) is 42.7 Å². The van der Waals surface area contributed by atoms with Gasteiger partial charge in [0.05, 0.1) is 28.6 Å². The van der Waals surface area contributed by atoms with E-state index in [9.17, 15) is 20.0 Å². The van der Waals surface area contributed by atoms with Crippen molar-refractivity contribution in [2.24, 2.45) is 4.99 Å². The molecule has 0 saturated heterocycles. The van der Waals surface area contributed by atoms with Gasteiger partial charge in [0.15, 0.2) is 12.1 Å². The average molecular weight is 482 g/mol. The van der Waals surface area contributed by atoms with Crippen molar-refractivity contribution in [3.05, 3.63) is 87.3 Å². The molecule has 172 valence electrons. The first kappa shape index (κ1) is 22.4. The number of aliphatic carboxylic acids is 1. The second kappa shape index (κ2) is 8.74. The van der Waals surface area contributed by atoms with E-state index in [1.54, 1.807) is 13.0 Å². The Morgan fingerprint density at radius 1 is 1.14 bits per heavy atom. The summed E-state index contributed by atoms with van der Waals surface area (Å²) in [4.78, 5) is 28.9. The van der Waals surface area contributed by atoms with E-state index in [4.69, 9.17) is 4.99 Å². The number of carbonyl (C=O) groups excluding carboxylic acids is 1. The van der Waals surface area contributed by atoms with Crippen LogP contribution in [0.2, 0.25) is 0 Å². The first-order chi connectivity index (χ1) is 16.9. The number of carboxylic acid groups (broad SMARTS) is 1. The Balaban J connectivity index is 1.69. The van der Waals surface area contributed by atoms with E-state index in [1.807, 2.05) is 54.0 Å². The molecule has 1 aliphatic heterocycles. The van der Waals surface area contributed by atoms with Gasteiger partial charge in [0.1, 0.15) is 16.9 Å². The monoisotopic (exact) mass is 481 g/mol. The number of aryl methyl sites for hydroxylation is 1. The third kappa shape index (κ3) is 3.84. The maximum atomic E-state index is 11.8. The summed E-state index contributed by atoms with van der Waals surface area (Å²) in [6.45, 7) is 3.66. The number of rotatable bonds is 5. The van der Waals surface area contributed by atoms with Crippen molar-refractivity contribution in [1.29, 1.82) is 5.26 Å². The summed E-state index contributed by atoms with van der Waals surface area (Å²) < 4.78 is 1.81. The number of aliphatic imine (C=N–C) groups is 1. The van der Waals surface area contributed by atoms with Crippen LogP contribution in [0.3, 0.4) is 0 Å². The van der Waals surface area contributed by atoms with Gasteiger partial charge in [0, 0.05) is 11.1 Å². The molecule has 0 fully saturated rings. The number of benzene rings is 2. The summed E-state index contributed by atoms with van der Waals surface area (Å²) in [7, 11) is 0. The molecule has 2 aromatic carbocycles. The smallest absolute Gasteiger partial charge is 0.306 e. The number of thiophene rings is 1. The Hall–Kier alpha value is -4.42. The Labute approximate surface area is 204 Å². The molecule has 0 unspecified atom stereocenters. The normalized spacial score (nSPS) is 14.3. The largest absolute Gasteiger partial charge is 0.481 e. The fraction of sp³-hybridized carbons (Fsp3) is 0.154. The lowest BCUT2D eigenvalue weighted by molar-refractivity contribution is -0.137. The quantitative estimate of drug-likeness (QED) is 0.414. The molecule has 35 heavy (non-hydrogen) atoms. The van der Waals surface area contributed by atoms with Crippen molar-refractivity contribution in [1.82, 2.24) is 14.8 Å². The molecular formula is C26H19N5O3S. The fourth-order valence-electron chi connectivity index (χ4n) is 4.30. The van der Waals surface area contributed by atoms with Crippen molar-refractivity contribution in [3.63, 3.8) is 0 Å². The topological polar surface area (TPSA) is 121 Å². The van der Waals surface area contributed by atoms with E-state index in [0.717, 1.165) is 39.1 Å². The third-order valence-electron chi connectivity index (χ3n) is 6.00. The van der Waals surface area contributed by atoms with E-state index in [-0.39, 0.29) is 6.42 Å². The zero-order valence-corrected chi connectivity index (χ0v) is 19.7. The van der Waals surface area contributed by atoms with Crippen LogP contribution in [0.1, 0.15) is 56.0 Å². The Kier molecular flexibility index (Phi) is 5.59. The number of carbonyl (C=O) groups is 2. The number of hydrogen-bond acceptors (Lipinski definition) is 7. The van der Waals surface area contributed by atoms with Crippen molar-refractivity contribution in [3.8, 4) is 22.2 Å². The van der Waals surface area contributed by atoms with Crippen LogP contribution in [-0.4, -0.2) is 37.8 Å². The zero-order chi connectivity index (χ0) is 24.7. The molecule has 3 heterocycles. The van der Waals surface area contributed by atoms with Gasteiger partial charge in [-0.15, -0.1) is 21.5 Å². The highest BCUT2D eigenvalue weighted by molar-refractivity contribution is 7.16. The summed E-state index contributed by atoms with van der Waals surface area (Å²) in [5.74, 6) is 0.0397. The SMILES string of the molecule is Cc1c(C=O)sc2c1C(c1ccc(-c3cccc(C#N)c3)cc1)=N[C@@H](CC(=O)O)c1nnc(C)n1-2. The molecule has 9 heteroatoms. The minimum absolute atomic E-state index is 0.241. The molecule has 0 saturated carbocycles. The van der Waals surface area contributed by atoms with Crippen LogP contribution in [0, 0.1) is 25.2 Å². The molecule has 1 atom stereocenters. The van der Waals surface area contributed by atoms with Crippen molar-refractivity contribution in [2.45, 2.75) is 26.3 Å². The lowest BCUT2D eigenvalue weighted by Crippen LogP contribution is -2.10. The van der Waals surface area contributed by atoms with Gasteiger partial charge in [-0.2, -0.15) is 5.26 Å². The number of aldehydes is 1. The van der Waals surface area contributed by atoms with E-state index >= 15 is 0 Å². The van der Waals surface area contributed by atoms with E-state index in [1.165, 1.54) is 11.3 Å². The van der Waals surface area contributed by atoms with Crippen LogP contribution in [0.4, 0.5) is 0 Å². The lowest BCUT2D eigenvalue weighted by atomic mass is 9.96. The summed E-state index contributed by atoms with van der Waals surface area (Å²) in [6.07, 6.45) is 0.584. The highest BCUT2D eigenvalue weighted by atomic mass is 32.1. The Morgan fingerprint density at radius 3 is 2.57 bits per heavy atom. The number of nitrogens with zero attached hydrogens (tertiary/aromatic N) is 5. The summed E-state index contributed by atoms with van der Waals surface area (Å²) in [5.41, 5.74) is 5.37. The molecule has 5 rings (SSSR count). The van der Waals surface area contributed by atoms with Crippen LogP contribution in [0.15, 0.2) is 53.5 Å². The molecule has 0 bridgehead atoms. The van der Waals surface area contributed by atoms with Crippen molar-refractivity contribution in [2.75, 3.05) is 0 Å². The maximum Gasteiger partial charge on any atom is 0.306 e. The van der Waals surface area contributed by atoms with Crippen LogP contribution >= 0.6 is 11.3 Å². The summed E-state index contributed by atoms with van der Waals surface area (Å²) in [5, 5.41) is 27.9. The third-order valence-corrected chi connectivity index (χ3v) is 7.20. The van der Waals surface area contributed by atoms with Gasteiger partial charge in [0.25, 0.3) is 0 Å². The minimum atomic E-state index is -0.992. The predicted molar refractivity (Wildman–Crippen MR) is 131 cm³/mol. The van der Waals surface area contributed by atoms with Crippen LogP contribution in [0.25, 0.3) is 16.1 Å². The van der Waals surface area contributed by atoms with Gasteiger partial charge >= 0.3 is 5.97 Å². The molecule has 4 aromatic rings. The van der Waals surface area contributed by atoms with E-state index in [0.29, 0.717) is 27.8 Å². The van der Waals surface area contributed by atoms with Gasteiger partial charge in [-0.1, -0.05) is 36.4 Å². The van der Waals surface area contributed by atoms with Crippen molar-refractivity contribution < 1.29 is 14.7 Å². The molecular weight excluding hydrogens is 462 g/mol. The fourth-order valence-corrected chi connectivity index (χ4v) is 5.48. The number of fused-ring (bicyclic) bond motifs is 3. The first-order valence-corrected chi connectivity index (χ1v) is 11.6. The molecule has 0 aliphatic carbocycles. The minimum Gasteiger partial charge on any atom is -0.481 e. The van der Waals surface area contributed by atoms with E-state index < -0.39 is 12.0 Å². The van der Waals surface area contributed by atoms with Gasteiger partial charge in [-0.3, -0.25) is 19.1 Å². The molecule has 1 N–H and O–H groups in total. The van der Waals surface area contributed by atoms with Gasteiger partial charge in [-0.25, -0.2) is 0 Å². The Morgan fingerprint density at radius 2 is 1.89 bits per heavy atom. The second-order valence-electron chi connectivity index (χ2n) is 8.19.